The van der Waals surface area contributed by atoms with Crippen molar-refractivity contribution in [3.63, 3.8) is 0 Å². The molecule has 0 N–H and O–H groups in total. The highest BCUT2D eigenvalue weighted by atomic mass is 16.3. The van der Waals surface area contributed by atoms with Crippen LogP contribution in [0.1, 0.15) is 49.9 Å². The van der Waals surface area contributed by atoms with E-state index in [0.717, 1.165) is 66.4 Å². The molecule has 12 rings (SSSR count). The topological polar surface area (TPSA) is 42.4 Å². The number of hydrogen-bond acceptors (Lipinski definition) is 4. The van der Waals surface area contributed by atoms with E-state index in [1.807, 2.05) is 24.3 Å². The lowest BCUT2D eigenvalue weighted by Gasteiger charge is -2.30. The zero-order valence-electron chi connectivity index (χ0n) is 32.2. The Labute approximate surface area is 330 Å². The van der Waals surface area contributed by atoms with Gasteiger partial charge in [0.2, 0.25) is 5.89 Å². The summed E-state index contributed by atoms with van der Waals surface area (Å²) in [6, 6.07) is 57.0. The zero-order valence-corrected chi connectivity index (χ0v) is 32.2. The molecule has 0 aliphatic heterocycles. The lowest BCUT2D eigenvalue weighted by Crippen LogP contribution is -2.18. The molecule has 0 unspecified atom stereocenters. The quantitative estimate of drug-likeness (QED) is 0.181. The van der Waals surface area contributed by atoms with Crippen molar-refractivity contribution in [1.82, 2.24) is 4.98 Å². The molecule has 8 aromatic carbocycles. The summed E-state index contributed by atoms with van der Waals surface area (Å²) in [7, 11) is 0. The van der Waals surface area contributed by atoms with Crippen LogP contribution in [-0.4, -0.2) is 4.98 Å². The van der Waals surface area contributed by atoms with Crippen LogP contribution in [-0.2, 0) is 10.8 Å². The first kappa shape index (κ1) is 32.3. The van der Waals surface area contributed by atoms with Crippen molar-refractivity contribution in [1.29, 1.82) is 0 Å². The van der Waals surface area contributed by atoms with Crippen molar-refractivity contribution < 1.29 is 8.83 Å². The van der Waals surface area contributed by atoms with Crippen LogP contribution in [0.25, 0.3) is 77.5 Å². The molecule has 4 nitrogen and oxygen atoms in total. The molecule has 0 amide bonds. The van der Waals surface area contributed by atoms with Gasteiger partial charge < -0.3 is 13.7 Å². The Bertz CT molecular complexity index is 3180. The van der Waals surface area contributed by atoms with E-state index in [1.165, 1.54) is 44.5 Å². The van der Waals surface area contributed by atoms with Gasteiger partial charge in [0.1, 0.15) is 16.7 Å². The maximum absolute atomic E-state index is 6.90. The van der Waals surface area contributed by atoms with Gasteiger partial charge in [-0.1, -0.05) is 125 Å². The molecule has 0 bridgehead atoms. The minimum Gasteiger partial charge on any atom is -0.455 e. The highest BCUT2D eigenvalue weighted by molar-refractivity contribution is 6.22. The van der Waals surface area contributed by atoms with E-state index in [0.29, 0.717) is 5.89 Å². The second kappa shape index (κ2) is 11.3. The summed E-state index contributed by atoms with van der Waals surface area (Å²) in [6.07, 6.45) is 0. The summed E-state index contributed by atoms with van der Waals surface area (Å²) in [4.78, 5) is 7.34. The van der Waals surface area contributed by atoms with Gasteiger partial charge in [-0.05, 0) is 111 Å². The minimum absolute atomic E-state index is 0.162. The van der Waals surface area contributed by atoms with E-state index in [9.17, 15) is 0 Å². The summed E-state index contributed by atoms with van der Waals surface area (Å²) in [5.74, 6) is 0.590. The predicted molar refractivity (Wildman–Crippen MR) is 234 cm³/mol. The molecular formula is C53H38N2O2. The first-order valence-electron chi connectivity index (χ1n) is 19.8. The van der Waals surface area contributed by atoms with E-state index >= 15 is 0 Å². The van der Waals surface area contributed by atoms with Crippen LogP contribution in [0.3, 0.4) is 0 Å². The van der Waals surface area contributed by atoms with Crippen LogP contribution in [0.5, 0.6) is 0 Å². The molecule has 272 valence electrons. The van der Waals surface area contributed by atoms with Crippen LogP contribution in [0.15, 0.2) is 167 Å². The molecule has 0 fully saturated rings. The largest absolute Gasteiger partial charge is 0.455 e. The maximum atomic E-state index is 6.90. The SMILES string of the molecule is CC1(C)c2ccccc2-c2ccc(N(c3ccc4c(c3)C(C)(C)c3ccccc3-4)c3cc4ccccc4c4oc5ccc(-c6nc7ccccc7o6)cc5c34)cc21. The number of hydrogen-bond donors (Lipinski definition) is 0. The Morgan fingerprint density at radius 3 is 1.75 bits per heavy atom. The zero-order chi connectivity index (χ0) is 38.2. The normalized spacial score (nSPS) is 14.6. The third kappa shape index (κ3) is 4.47. The smallest absolute Gasteiger partial charge is 0.227 e. The molecular weight excluding hydrogens is 697 g/mol. The molecule has 2 aliphatic rings. The van der Waals surface area contributed by atoms with Crippen molar-refractivity contribution in [3.05, 3.63) is 180 Å². The standard InChI is InChI=1S/C53H38N2O2/c1-52(2)41-17-9-7-15-36(41)38-24-22-33(29-43(38)52)55(34-23-25-39-37-16-8-10-18-42(37)53(3,4)44(39)30-34)46-28-31-13-5-6-14-35(31)50-49(46)40-27-32(21-26-47(40)56-50)51-54-45-19-11-12-20-48(45)57-51/h5-30H,1-4H3. The van der Waals surface area contributed by atoms with Crippen LogP contribution in [0.4, 0.5) is 17.1 Å². The second-order valence-electron chi connectivity index (χ2n) is 16.8. The number of benzene rings is 8. The van der Waals surface area contributed by atoms with E-state index in [4.69, 9.17) is 13.8 Å². The van der Waals surface area contributed by atoms with E-state index in [1.54, 1.807) is 0 Å². The number of fused-ring (bicyclic) bond motifs is 12. The van der Waals surface area contributed by atoms with Crippen LogP contribution >= 0.6 is 0 Å². The Hall–Kier alpha value is -6.91. The molecule has 0 radical (unpaired) electrons. The molecule has 0 spiro atoms. The van der Waals surface area contributed by atoms with Crippen molar-refractivity contribution in [2.24, 2.45) is 0 Å². The molecule has 4 heteroatoms. The fourth-order valence-corrected chi connectivity index (χ4v) is 9.99. The summed E-state index contributed by atoms with van der Waals surface area (Å²) < 4.78 is 13.2. The molecule has 2 heterocycles. The van der Waals surface area contributed by atoms with E-state index < -0.39 is 0 Å². The van der Waals surface area contributed by atoms with Crippen molar-refractivity contribution in [2.75, 3.05) is 4.90 Å². The molecule has 57 heavy (non-hydrogen) atoms. The van der Waals surface area contributed by atoms with Gasteiger partial charge in [-0.2, -0.15) is 0 Å². The van der Waals surface area contributed by atoms with Crippen LogP contribution < -0.4 is 4.90 Å². The van der Waals surface area contributed by atoms with Crippen LogP contribution in [0.2, 0.25) is 0 Å². The van der Waals surface area contributed by atoms with Crippen molar-refractivity contribution in [2.45, 2.75) is 38.5 Å². The first-order chi connectivity index (χ1) is 27.8. The highest BCUT2D eigenvalue weighted by Crippen LogP contribution is 2.54. The lowest BCUT2D eigenvalue weighted by molar-refractivity contribution is 0.620. The maximum Gasteiger partial charge on any atom is 0.227 e. The van der Waals surface area contributed by atoms with Gasteiger partial charge >= 0.3 is 0 Å². The average molecular weight is 735 g/mol. The van der Waals surface area contributed by atoms with E-state index in [-0.39, 0.29) is 10.8 Å². The molecule has 0 saturated carbocycles. The van der Waals surface area contributed by atoms with Crippen molar-refractivity contribution >= 4 is 60.9 Å². The Morgan fingerprint density at radius 2 is 1.07 bits per heavy atom. The van der Waals surface area contributed by atoms with Gasteiger partial charge in [0.05, 0.1) is 11.1 Å². The van der Waals surface area contributed by atoms with Gasteiger partial charge in [-0.25, -0.2) is 4.98 Å². The fourth-order valence-electron chi connectivity index (χ4n) is 9.99. The Kier molecular flexibility index (Phi) is 6.43. The predicted octanol–water partition coefficient (Wildman–Crippen LogP) is 14.6. The average Bonchev–Trinajstić information content (AvgIpc) is 3.96. The number of oxazole rings is 1. The monoisotopic (exact) mass is 734 g/mol. The molecule has 10 aromatic rings. The van der Waals surface area contributed by atoms with Crippen molar-refractivity contribution in [3.8, 4) is 33.7 Å². The molecule has 2 aromatic heterocycles. The summed E-state index contributed by atoms with van der Waals surface area (Å²) in [6.45, 7) is 9.41. The van der Waals surface area contributed by atoms with E-state index in [2.05, 4.69) is 166 Å². The molecule has 0 atom stereocenters. The summed E-state index contributed by atoms with van der Waals surface area (Å²) >= 11 is 0. The Morgan fingerprint density at radius 1 is 0.474 bits per heavy atom. The number of aromatic nitrogens is 1. The number of rotatable bonds is 4. The third-order valence-corrected chi connectivity index (χ3v) is 12.9. The Balaban J connectivity index is 1.16. The van der Waals surface area contributed by atoms with Gasteiger partial charge in [-0.3, -0.25) is 0 Å². The first-order valence-corrected chi connectivity index (χ1v) is 19.8. The molecule has 0 saturated heterocycles. The van der Waals surface area contributed by atoms with Gasteiger partial charge in [0.25, 0.3) is 0 Å². The number of para-hydroxylation sites is 2. The number of furan rings is 1. The third-order valence-electron chi connectivity index (χ3n) is 12.9. The lowest BCUT2D eigenvalue weighted by atomic mass is 9.82. The summed E-state index contributed by atoms with van der Waals surface area (Å²) in [5, 5.41) is 4.25. The summed E-state index contributed by atoms with van der Waals surface area (Å²) in [5.41, 5.74) is 17.7. The fraction of sp³-hybridized carbons (Fsp3) is 0.113. The van der Waals surface area contributed by atoms with Gasteiger partial charge in [-0.15, -0.1) is 0 Å². The highest BCUT2D eigenvalue weighted by Gasteiger charge is 2.38. The number of anilines is 3. The second-order valence-corrected chi connectivity index (χ2v) is 16.8. The van der Waals surface area contributed by atoms with Crippen LogP contribution in [0, 0.1) is 0 Å². The minimum atomic E-state index is -0.162. The molecule has 2 aliphatic carbocycles. The van der Waals surface area contributed by atoms with Gasteiger partial charge in [0.15, 0.2) is 5.58 Å². The van der Waals surface area contributed by atoms with Gasteiger partial charge in [0, 0.05) is 38.5 Å². The number of nitrogens with zero attached hydrogens (tertiary/aromatic N) is 2.